The van der Waals surface area contributed by atoms with Crippen LogP contribution in [0.4, 0.5) is 0 Å². The molecule has 6 heteroatoms. The van der Waals surface area contributed by atoms with Crippen molar-refractivity contribution in [2.24, 2.45) is 0 Å². The fraction of sp³-hybridized carbons (Fsp3) is 0.529. The summed E-state index contributed by atoms with van der Waals surface area (Å²) in [5, 5.41) is 0.637. The molecule has 0 N–H and O–H groups in total. The molecule has 2 atom stereocenters. The molecule has 1 aromatic carbocycles. The Labute approximate surface area is 141 Å². The molecule has 5 nitrogen and oxygen atoms in total. The van der Waals surface area contributed by atoms with Gasteiger partial charge in [-0.05, 0) is 50.5 Å². The maximum absolute atomic E-state index is 12.5. The van der Waals surface area contributed by atoms with E-state index in [9.17, 15) is 9.59 Å². The second-order valence-corrected chi connectivity index (χ2v) is 6.68. The molecular weight excluding hydrogens is 316 g/mol. The third-order valence-corrected chi connectivity index (χ3v) is 4.94. The highest BCUT2D eigenvalue weighted by Gasteiger charge is 2.41. The second-order valence-electron chi connectivity index (χ2n) is 6.25. The van der Waals surface area contributed by atoms with Crippen LogP contribution in [0.15, 0.2) is 18.2 Å². The number of halogens is 1. The van der Waals surface area contributed by atoms with Gasteiger partial charge >= 0.3 is 0 Å². The topological polar surface area (TPSA) is 49.9 Å². The van der Waals surface area contributed by atoms with Gasteiger partial charge in [0.1, 0.15) is 11.8 Å². The zero-order valence-electron chi connectivity index (χ0n) is 13.4. The van der Waals surface area contributed by atoms with E-state index in [1.54, 1.807) is 30.0 Å². The number of piperazine rings is 1. The molecule has 3 rings (SSSR count). The Morgan fingerprint density at radius 2 is 2.22 bits per heavy atom. The van der Waals surface area contributed by atoms with E-state index in [1.165, 1.54) is 0 Å². The number of carbonyl (C=O) groups is 2. The lowest BCUT2D eigenvalue weighted by Gasteiger charge is -2.41. The van der Waals surface area contributed by atoms with Gasteiger partial charge in [-0.3, -0.25) is 9.59 Å². The van der Waals surface area contributed by atoms with Crippen LogP contribution in [0.1, 0.15) is 25.3 Å². The van der Waals surface area contributed by atoms with E-state index in [0.29, 0.717) is 17.3 Å². The number of carbonyl (C=O) groups excluding carboxylic acids is 2. The van der Waals surface area contributed by atoms with Crippen LogP contribution < -0.4 is 4.74 Å². The number of rotatable bonds is 3. The predicted octanol–water partition coefficient (Wildman–Crippen LogP) is 2.25. The van der Waals surface area contributed by atoms with E-state index in [4.69, 9.17) is 16.3 Å². The summed E-state index contributed by atoms with van der Waals surface area (Å²) in [5.41, 5.74) is 0.884. The summed E-state index contributed by atoms with van der Waals surface area (Å²) in [6.07, 6.45) is 1.99. The van der Waals surface area contributed by atoms with Gasteiger partial charge < -0.3 is 14.5 Å². The lowest BCUT2D eigenvalue weighted by molar-refractivity contribution is -0.153. The van der Waals surface area contributed by atoms with Gasteiger partial charge in [0.05, 0.1) is 0 Å². The maximum Gasteiger partial charge on any atom is 0.261 e. The third kappa shape index (κ3) is 3.15. The van der Waals surface area contributed by atoms with Gasteiger partial charge in [-0.15, -0.1) is 0 Å². The van der Waals surface area contributed by atoms with Crippen molar-refractivity contribution >= 4 is 23.4 Å². The van der Waals surface area contributed by atoms with Crippen molar-refractivity contribution < 1.29 is 14.3 Å². The molecule has 0 aromatic heterocycles. The minimum Gasteiger partial charge on any atom is -0.483 e. The number of hydrogen-bond donors (Lipinski definition) is 0. The fourth-order valence-electron chi connectivity index (χ4n) is 3.39. The number of amides is 2. The fourth-order valence-corrected chi connectivity index (χ4v) is 3.62. The Kier molecular flexibility index (Phi) is 4.48. The number of benzene rings is 1. The molecule has 2 aliphatic heterocycles. The molecule has 0 bridgehead atoms. The second kappa shape index (κ2) is 6.40. The molecule has 23 heavy (non-hydrogen) atoms. The zero-order chi connectivity index (χ0) is 16.6. The van der Waals surface area contributed by atoms with Gasteiger partial charge in [-0.1, -0.05) is 11.6 Å². The molecule has 2 saturated heterocycles. The average molecular weight is 337 g/mol. The van der Waals surface area contributed by atoms with E-state index >= 15 is 0 Å². The summed E-state index contributed by atoms with van der Waals surface area (Å²) >= 11 is 5.92. The van der Waals surface area contributed by atoms with Crippen molar-refractivity contribution in [3.05, 3.63) is 28.8 Å². The van der Waals surface area contributed by atoms with Crippen molar-refractivity contribution in [1.82, 2.24) is 9.80 Å². The number of aryl methyl sites for hydroxylation is 1. The third-order valence-electron chi connectivity index (χ3n) is 4.70. The van der Waals surface area contributed by atoms with Crippen molar-refractivity contribution in [2.75, 3.05) is 19.7 Å². The van der Waals surface area contributed by atoms with Crippen LogP contribution >= 0.6 is 11.6 Å². The highest BCUT2D eigenvalue weighted by atomic mass is 35.5. The summed E-state index contributed by atoms with van der Waals surface area (Å²) in [4.78, 5) is 28.4. The van der Waals surface area contributed by atoms with Crippen LogP contribution in [0, 0.1) is 6.92 Å². The number of ether oxygens (including phenoxy) is 1. The SMILES string of the molecule is Cc1cc(Cl)ccc1OCC(=O)N1C[C@@H]2CCCN2C(=O)[C@H]1C. The minimum absolute atomic E-state index is 0.0507. The molecular formula is C17H21ClN2O3. The molecule has 0 saturated carbocycles. The number of nitrogens with zero attached hydrogens (tertiary/aromatic N) is 2. The summed E-state index contributed by atoms with van der Waals surface area (Å²) < 4.78 is 5.63. The number of fused-ring (bicyclic) bond motifs is 1. The van der Waals surface area contributed by atoms with Crippen LogP contribution in [0.3, 0.4) is 0 Å². The summed E-state index contributed by atoms with van der Waals surface area (Å²) in [5.74, 6) is 0.544. The number of hydrogen-bond acceptors (Lipinski definition) is 3. The van der Waals surface area contributed by atoms with Crippen LogP contribution in [-0.4, -0.2) is 53.4 Å². The van der Waals surface area contributed by atoms with Crippen molar-refractivity contribution in [2.45, 2.75) is 38.8 Å². The average Bonchev–Trinajstić information content (AvgIpc) is 2.98. The summed E-state index contributed by atoms with van der Waals surface area (Å²) in [7, 11) is 0. The van der Waals surface area contributed by atoms with E-state index in [1.807, 2.05) is 11.8 Å². The highest BCUT2D eigenvalue weighted by molar-refractivity contribution is 6.30. The van der Waals surface area contributed by atoms with E-state index < -0.39 is 6.04 Å². The molecule has 2 amide bonds. The first kappa shape index (κ1) is 16.1. The summed E-state index contributed by atoms with van der Waals surface area (Å²) in [6, 6.07) is 5.04. The van der Waals surface area contributed by atoms with Gasteiger partial charge in [0, 0.05) is 24.2 Å². The lowest BCUT2D eigenvalue weighted by Crippen LogP contribution is -2.60. The van der Waals surface area contributed by atoms with Gasteiger partial charge in [-0.2, -0.15) is 0 Å². The summed E-state index contributed by atoms with van der Waals surface area (Å²) in [6.45, 7) is 5.04. The van der Waals surface area contributed by atoms with Gasteiger partial charge in [-0.25, -0.2) is 0 Å². The van der Waals surface area contributed by atoms with Crippen LogP contribution in [0.5, 0.6) is 5.75 Å². The minimum atomic E-state index is -0.410. The first-order valence-corrected chi connectivity index (χ1v) is 8.34. The lowest BCUT2D eigenvalue weighted by atomic mass is 10.1. The largest absolute Gasteiger partial charge is 0.483 e. The molecule has 124 valence electrons. The smallest absolute Gasteiger partial charge is 0.261 e. The maximum atomic E-state index is 12.5. The van der Waals surface area contributed by atoms with Crippen molar-refractivity contribution in [1.29, 1.82) is 0 Å². The normalized spacial score (nSPS) is 23.9. The van der Waals surface area contributed by atoms with Crippen LogP contribution in [0.25, 0.3) is 0 Å². The first-order valence-electron chi connectivity index (χ1n) is 7.96. The molecule has 2 fully saturated rings. The molecule has 0 radical (unpaired) electrons. The first-order chi connectivity index (χ1) is 11.0. The molecule has 1 aromatic rings. The van der Waals surface area contributed by atoms with Gasteiger partial charge in [0.15, 0.2) is 6.61 Å². The van der Waals surface area contributed by atoms with Gasteiger partial charge in [0.25, 0.3) is 5.91 Å². The van der Waals surface area contributed by atoms with E-state index in [2.05, 4.69) is 0 Å². The molecule has 0 aliphatic carbocycles. The van der Waals surface area contributed by atoms with Crippen molar-refractivity contribution in [3.63, 3.8) is 0 Å². The molecule has 0 unspecified atom stereocenters. The molecule has 0 spiro atoms. The van der Waals surface area contributed by atoms with Crippen molar-refractivity contribution in [3.8, 4) is 5.75 Å². The van der Waals surface area contributed by atoms with E-state index in [0.717, 1.165) is 24.9 Å². The van der Waals surface area contributed by atoms with Gasteiger partial charge in [0.2, 0.25) is 5.91 Å². The Balaban J connectivity index is 1.64. The molecule has 2 heterocycles. The van der Waals surface area contributed by atoms with E-state index in [-0.39, 0.29) is 24.5 Å². The Morgan fingerprint density at radius 3 is 2.96 bits per heavy atom. The Bertz CT molecular complexity index is 634. The van der Waals surface area contributed by atoms with Crippen LogP contribution in [-0.2, 0) is 9.59 Å². The quantitative estimate of drug-likeness (QED) is 0.850. The Hall–Kier alpha value is -1.75. The predicted molar refractivity (Wildman–Crippen MR) is 87.6 cm³/mol. The van der Waals surface area contributed by atoms with Crippen LogP contribution in [0.2, 0.25) is 5.02 Å². The highest BCUT2D eigenvalue weighted by Crippen LogP contribution is 2.26. The standard InChI is InChI=1S/C17H21ClN2O3/c1-11-8-13(18)5-6-15(11)23-10-16(21)20-9-14-4-3-7-19(14)17(22)12(20)2/h5-6,8,12,14H,3-4,7,9-10H2,1-2H3/t12-,14+/m1/s1. The Morgan fingerprint density at radius 1 is 1.43 bits per heavy atom. The zero-order valence-corrected chi connectivity index (χ0v) is 14.2. The monoisotopic (exact) mass is 336 g/mol. The molecule has 2 aliphatic rings.